The molecule has 1 amide bonds. The Balaban J connectivity index is 2.31. The summed E-state index contributed by atoms with van der Waals surface area (Å²) in [4.78, 5) is 14.3. The van der Waals surface area contributed by atoms with Gasteiger partial charge in [0.25, 0.3) is 15.9 Å². The summed E-state index contributed by atoms with van der Waals surface area (Å²) in [6, 6.07) is 13.0. The minimum absolute atomic E-state index is 0.109. The van der Waals surface area contributed by atoms with Crippen LogP contribution in [0.3, 0.4) is 0 Å². The minimum Gasteiger partial charge on any atom is -0.495 e. The number of nitrogens with zero attached hydrogens (tertiary/aromatic N) is 2. The summed E-state index contributed by atoms with van der Waals surface area (Å²) in [5, 5.41) is 0. The number of ether oxygens (including phenoxy) is 1. The first kappa shape index (κ1) is 20.8. The second-order valence-electron chi connectivity index (χ2n) is 6.34. The first-order valence-electron chi connectivity index (χ1n) is 8.73. The number of hydrogen-bond acceptors (Lipinski definition) is 4. The molecule has 1 atom stereocenters. The Kier molecular flexibility index (Phi) is 6.49. The van der Waals surface area contributed by atoms with E-state index in [-0.39, 0.29) is 16.8 Å². The van der Waals surface area contributed by atoms with Crippen molar-refractivity contribution in [3.8, 4) is 5.75 Å². The number of carbonyl (C=O) groups is 1. The van der Waals surface area contributed by atoms with E-state index in [1.165, 1.54) is 30.6 Å². The molecule has 1 unspecified atom stereocenters. The molecule has 6 nitrogen and oxygen atoms in total. The molecule has 0 saturated carbocycles. The van der Waals surface area contributed by atoms with Gasteiger partial charge in [-0.15, -0.1) is 0 Å². The average Bonchev–Trinajstić information content (AvgIpc) is 2.71. The Morgan fingerprint density at radius 3 is 2.22 bits per heavy atom. The van der Waals surface area contributed by atoms with E-state index < -0.39 is 10.0 Å². The van der Waals surface area contributed by atoms with Crippen LogP contribution in [0.2, 0.25) is 0 Å². The van der Waals surface area contributed by atoms with Gasteiger partial charge in [0.05, 0.1) is 17.7 Å². The van der Waals surface area contributed by atoms with Gasteiger partial charge in [-0.3, -0.25) is 9.10 Å². The zero-order valence-electron chi connectivity index (χ0n) is 16.3. The zero-order chi connectivity index (χ0) is 20.2. The number of para-hydroxylation sites is 2. The van der Waals surface area contributed by atoms with Crippen LogP contribution in [0, 0.1) is 0 Å². The van der Waals surface area contributed by atoms with Crippen LogP contribution in [0.15, 0.2) is 53.4 Å². The van der Waals surface area contributed by atoms with Crippen LogP contribution in [0.25, 0.3) is 0 Å². The van der Waals surface area contributed by atoms with Crippen molar-refractivity contribution >= 4 is 21.6 Å². The molecule has 0 saturated heterocycles. The number of sulfonamides is 1. The molecular formula is C20H26N2O4S. The van der Waals surface area contributed by atoms with Gasteiger partial charge in [-0.2, -0.15) is 0 Å². The highest BCUT2D eigenvalue weighted by atomic mass is 32.2. The van der Waals surface area contributed by atoms with E-state index in [1.54, 1.807) is 48.3 Å². The number of carbonyl (C=O) groups excluding carboxylic acids is 1. The number of anilines is 1. The molecule has 0 aliphatic carbocycles. The van der Waals surface area contributed by atoms with Gasteiger partial charge >= 0.3 is 0 Å². The highest BCUT2D eigenvalue weighted by Crippen LogP contribution is 2.30. The Bertz CT molecular complexity index is 894. The molecule has 0 radical (unpaired) electrons. The molecule has 0 fully saturated rings. The molecule has 7 heteroatoms. The summed E-state index contributed by atoms with van der Waals surface area (Å²) in [6.45, 7) is 3.98. The lowest BCUT2D eigenvalue weighted by Crippen LogP contribution is -2.34. The first-order chi connectivity index (χ1) is 12.7. The first-order valence-corrected chi connectivity index (χ1v) is 10.2. The molecule has 0 bridgehead atoms. The van der Waals surface area contributed by atoms with Crippen LogP contribution >= 0.6 is 0 Å². The number of methoxy groups -OCH3 is 1. The number of benzene rings is 2. The van der Waals surface area contributed by atoms with Crippen molar-refractivity contribution in [1.29, 1.82) is 0 Å². The van der Waals surface area contributed by atoms with Crippen molar-refractivity contribution < 1.29 is 17.9 Å². The summed E-state index contributed by atoms with van der Waals surface area (Å²) in [5.41, 5.74) is 0.897. The highest BCUT2D eigenvalue weighted by Gasteiger charge is 2.24. The molecule has 2 aromatic rings. The van der Waals surface area contributed by atoms with Crippen molar-refractivity contribution in [3.05, 3.63) is 54.1 Å². The normalized spacial score (nSPS) is 12.3. The third-order valence-electron chi connectivity index (χ3n) is 4.76. The molecule has 0 spiro atoms. The lowest BCUT2D eigenvalue weighted by molar-refractivity contribution is 0.0740. The number of hydrogen-bond donors (Lipinski definition) is 0. The van der Waals surface area contributed by atoms with Gasteiger partial charge in [0.1, 0.15) is 5.75 Å². The van der Waals surface area contributed by atoms with Crippen molar-refractivity contribution in [2.45, 2.75) is 31.2 Å². The van der Waals surface area contributed by atoms with E-state index >= 15 is 0 Å². The molecule has 0 aliphatic heterocycles. The fraction of sp³-hybridized carbons (Fsp3) is 0.350. The second-order valence-corrected chi connectivity index (χ2v) is 8.31. The predicted octanol–water partition coefficient (Wildman–Crippen LogP) is 3.39. The fourth-order valence-electron chi connectivity index (χ4n) is 2.62. The van der Waals surface area contributed by atoms with E-state index in [2.05, 4.69) is 0 Å². The summed E-state index contributed by atoms with van der Waals surface area (Å²) in [7, 11) is 0.935. The van der Waals surface area contributed by atoms with E-state index in [9.17, 15) is 13.2 Å². The third-order valence-corrected chi connectivity index (χ3v) is 6.54. The maximum Gasteiger partial charge on any atom is 0.264 e. The lowest BCUT2D eigenvalue weighted by atomic mass is 10.1. The van der Waals surface area contributed by atoms with Crippen LogP contribution in [0.1, 0.15) is 30.6 Å². The smallest absolute Gasteiger partial charge is 0.264 e. The van der Waals surface area contributed by atoms with Crippen LogP contribution in [0.4, 0.5) is 5.69 Å². The van der Waals surface area contributed by atoms with E-state index in [0.29, 0.717) is 17.0 Å². The quantitative estimate of drug-likeness (QED) is 0.727. The van der Waals surface area contributed by atoms with Crippen LogP contribution in [0.5, 0.6) is 5.75 Å². The fourth-order valence-corrected chi connectivity index (χ4v) is 3.83. The molecule has 2 rings (SSSR count). The van der Waals surface area contributed by atoms with Crippen LogP contribution in [-0.4, -0.2) is 46.5 Å². The maximum absolute atomic E-state index is 12.9. The van der Waals surface area contributed by atoms with Gasteiger partial charge in [-0.25, -0.2) is 8.42 Å². The highest BCUT2D eigenvalue weighted by molar-refractivity contribution is 7.92. The summed E-state index contributed by atoms with van der Waals surface area (Å²) in [5.74, 6) is 0.330. The van der Waals surface area contributed by atoms with Crippen LogP contribution < -0.4 is 9.04 Å². The van der Waals surface area contributed by atoms with Gasteiger partial charge < -0.3 is 9.64 Å². The lowest BCUT2D eigenvalue weighted by Gasteiger charge is -2.24. The SMILES string of the molecule is CCC(C)N(C)C(=O)c1ccc(S(=O)(=O)N(C)c2ccccc2OC)cc1. The van der Waals surface area contributed by atoms with Gasteiger partial charge in [-0.1, -0.05) is 19.1 Å². The van der Waals surface area contributed by atoms with Gasteiger partial charge in [0, 0.05) is 25.7 Å². The second kappa shape index (κ2) is 8.43. The zero-order valence-corrected chi connectivity index (χ0v) is 17.2. The maximum atomic E-state index is 12.9. The molecule has 0 aromatic heterocycles. The third kappa shape index (κ3) is 4.24. The van der Waals surface area contributed by atoms with Gasteiger partial charge in [0.2, 0.25) is 0 Å². The van der Waals surface area contributed by atoms with Gasteiger partial charge in [-0.05, 0) is 49.7 Å². The Hall–Kier alpha value is -2.54. The van der Waals surface area contributed by atoms with Crippen molar-refractivity contribution in [1.82, 2.24) is 4.90 Å². The average molecular weight is 391 g/mol. The Labute approximate surface area is 161 Å². The molecular weight excluding hydrogens is 364 g/mol. The molecule has 2 aromatic carbocycles. The molecule has 0 heterocycles. The van der Waals surface area contributed by atoms with Crippen molar-refractivity contribution in [3.63, 3.8) is 0 Å². The van der Waals surface area contributed by atoms with Crippen molar-refractivity contribution in [2.75, 3.05) is 25.5 Å². The molecule has 27 heavy (non-hydrogen) atoms. The predicted molar refractivity (Wildman–Crippen MR) is 107 cm³/mol. The Morgan fingerprint density at radius 1 is 1.07 bits per heavy atom. The largest absolute Gasteiger partial charge is 0.495 e. The molecule has 146 valence electrons. The van der Waals surface area contributed by atoms with E-state index in [1.807, 2.05) is 13.8 Å². The van der Waals surface area contributed by atoms with E-state index in [0.717, 1.165) is 6.42 Å². The number of amides is 1. The van der Waals surface area contributed by atoms with Crippen LogP contribution in [-0.2, 0) is 10.0 Å². The van der Waals surface area contributed by atoms with Crippen molar-refractivity contribution in [2.24, 2.45) is 0 Å². The number of rotatable bonds is 7. The monoisotopic (exact) mass is 390 g/mol. The summed E-state index contributed by atoms with van der Waals surface area (Å²) < 4.78 is 32.3. The summed E-state index contributed by atoms with van der Waals surface area (Å²) in [6.07, 6.45) is 0.846. The standard InChI is InChI=1S/C20H26N2O4S/c1-6-15(2)21(3)20(23)16-11-13-17(14-12-16)27(24,25)22(4)18-9-7-8-10-19(18)26-5/h7-15H,6H2,1-5H3. The topological polar surface area (TPSA) is 66.9 Å². The minimum atomic E-state index is -3.78. The summed E-state index contributed by atoms with van der Waals surface area (Å²) >= 11 is 0. The Morgan fingerprint density at radius 2 is 1.67 bits per heavy atom. The van der Waals surface area contributed by atoms with Gasteiger partial charge in [0.15, 0.2) is 0 Å². The van der Waals surface area contributed by atoms with E-state index in [4.69, 9.17) is 4.74 Å². The molecule has 0 N–H and O–H groups in total. The molecule has 0 aliphatic rings.